The summed E-state index contributed by atoms with van der Waals surface area (Å²) in [6, 6.07) is 12.1. The second-order valence-corrected chi connectivity index (χ2v) is 6.32. The maximum Gasteiger partial charge on any atom is 0.337 e. The molecular weight excluding hydrogens is 370 g/mol. The fraction of sp³-hybridized carbons (Fsp3) is 0.200. The number of thiocarbonyl (C=S) groups is 1. The largest absolute Gasteiger partial charge is 0.466 e. The lowest BCUT2D eigenvalue weighted by molar-refractivity contribution is -0.136. The molecule has 0 aromatic heterocycles. The summed E-state index contributed by atoms with van der Waals surface area (Å²) >= 11 is 5.52. The molecule has 140 valence electrons. The molecule has 0 amide bonds. The van der Waals surface area contributed by atoms with Gasteiger partial charge in [0.05, 0.1) is 18.7 Å². The highest BCUT2D eigenvalue weighted by atomic mass is 32.1. The first-order chi connectivity index (χ1) is 13.0. The van der Waals surface area contributed by atoms with Crippen LogP contribution in [0.25, 0.3) is 0 Å². The van der Waals surface area contributed by atoms with E-state index >= 15 is 0 Å². The molecule has 1 atom stereocenters. The third kappa shape index (κ3) is 3.55. The molecular formula is C20H18F2N2O2S. The van der Waals surface area contributed by atoms with Crippen LogP contribution in [-0.2, 0) is 9.53 Å². The fourth-order valence-electron chi connectivity index (χ4n) is 3.16. The van der Waals surface area contributed by atoms with Gasteiger partial charge in [0.2, 0.25) is 0 Å². The minimum absolute atomic E-state index is 0.309. The smallest absolute Gasteiger partial charge is 0.337 e. The lowest BCUT2D eigenvalue weighted by Crippen LogP contribution is -2.48. The average molecular weight is 388 g/mol. The van der Waals surface area contributed by atoms with Crippen molar-refractivity contribution in [2.45, 2.75) is 19.4 Å². The van der Waals surface area contributed by atoms with E-state index in [1.165, 1.54) is 13.2 Å². The Balaban J connectivity index is 2.19. The van der Waals surface area contributed by atoms with Crippen LogP contribution >= 0.6 is 12.2 Å². The summed E-state index contributed by atoms with van der Waals surface area (Å²) in [7, 11) is 1.28. The standard InChI is InChI=1S/C20H18F2N2O2S/c1-3-16-17(19(25)26-2)18(12-9-10-14(21)15(22)11-12)23-20(27)24(16)13-7-5-4-6-8-13/h4-11,18H,3H2,1-2H3,(H,23,27)/t18-/m0/s1. The summed E-state index contributed by atoms with van der Waals surface area (Å²) in [5.74, 6) is -2.51. The number of allylic oxidation sites excluding steroid dienone is 1. The second-order valence-electron chi connectivity index (χ2n) is 5.93. The number of methoxy groups -OCH3 is 1. The number of ether oxygens (including phenoxy) is 1. The van der Waals surface area contributed by atoms with Crippen molar-refractivity contribution < 1.29 is 18.3 Å². The number of halogens is 2. The number of para-hydroxylation sites is 1. The number of nitrogens with one attached hydrogen (secondary N) is 1. The van der Waals surface area contributed by atoms with Crippen molar-refractivity contribution in [3.63, 3.8) is 0 Å². The molecule has 0 fully saturated rings. The van der Waals surface area contributed by atoms with E-state index in [0.717, 1.165) is 17.8 Å². The normalized spacial score (nSPS) is 17.0. The van der Waals surface area contributed by atoms with Crippen molar-refractivity contribution >= 4 is 29.0 Å². The minimum atomic E-state index is -0.993. The minimum Gasteiger partial charge on any atom is -0.466 e. The van der Waals surface area contributed by atoms with Gasteiger partial charge in [0, 0.05) is 11.4 Å². The summed E-state index contributed by atoms with van der Waals surface area (Å²) in [6.07, 6.45) is 0.487. The highest BCUT2D eigenvalue weighted by Crippen LogP contribution is 2.35. The van der Waals surface area contributed by atoms with E-state index in [-0.39, 0.29) is 0 Å². The molecule has 7 heteroatoms. The van der Waals surface area contributed by atoms with Crippen LogP contribution in [0.1, 0.15) is 24.9 Å². The van der Waals surface area contributed by atoms with Crippen molar-refractivity contribution in [3.05, 3.63) is 77.0 Å². The summed E-state index contributed by atoms with van der Waals surface area (Å²) < 4.78 is 32.1. The molecule has 1 N–H and O–H groups in total. The van der Waals surface area contributed by atoms with E-state index in [0.29, 0.717) is 28.4 Å². The molecule has 0 radical (unpaired) electrons. The van der Waals surface area contributed by atoms with Crippen LogP contribution < -0.4 is 10.2 Å². The molecule has 4 nitrogen and oxygen atoms in total. The van der Waals surface area contributed by atoms with Gasteiger partial charge < -0.3 is 10.1 Å². The fourth-order valence-corrected chi connectivity index (χ4v) is 3.49. The first kappa shape index (κ1) is 19.0. The van der Waals surface area contributed by atoms with Gasteiger partial charge in [-0.05, 0) is 48.5 Å². The second kappa shape index (κ2) is 7.84. The van der Waals surface area contributed by atoms with Crippen LogP contribution in [0.4, 0.5) is 14.5 Å². The Bertz CT molecular complexity index is 915. The van der Waals surface area contributed by atoms with Crippen LogP contribution in [0.3, 0.4) is 0 Å². The highest BCUT2D eigenvalue weighted by molar-refractivity contribution is 7.80. The average Bonchev–Trinajstić information content (AvgIpc) is 2.69. The van der Waals surface area contributed by atoms with Crippen molar-refractivity contribution in [2.75, 3.05) is 12.0 Å². The van der Waals surface area contributed by atoms with Gasteiger partial charge in [-0.25, -0.2) is 13.6 Å². The molecule has 0 spiro atoms. The van der Waals surface area contributed by atoms with Gasteiger partial charge in [-0.1, -0.05) is 31.2 Å². The van der Waals surface area contributed by atoms with Gasteiger partial charge >= 0.3 is 5.97 Å². The van der Waals surface area contributed by atoms with Crippen LogP contribution in [0.2, 0.25) is 0 Å². The summed E-state index contributed by atoms with van der Waals surface area (Å²) in [4.78, 5) is 14.4. The Hall–Kier alpha value is -2.80. The van der Waals surface area contributed by atoms with Crippen LogP contribution in [0.5, 0.6) is 0 Å². The Labute approximate surface area is 161 Å². The number of anilines is 1. The van der Waals surface area contributed by atoms with E-state index in [2.05, 4.69) is 5.32 Å². The Kier molecular flexibility index (Phi) is 5.51. The predicted octanol–water partition coefficient (Wildman–Crippen LogP) is 4.24. The lowest BCUT2D eigenvalue weighted by Gasteiger charge is -2.38. The number of nitrogens with zero attached hydrogens (tertiary/aromatic N) is 1. The molecule has 0 saturated carbocycles. The van der Waals surface area contributed by atoms with E-state index in [9.17, 15) is 13.6 Å². The van der Waals surface area contributed by atoms with Crippen molar-refractivity contribution in [1.29, 1.82) is 0 Å². The molecule has 2 aromatic carbocycles. The molecule has 1 aliphatic heterocycles. The van der Waals surface area contributed by atoms with E-state index in [4.69, 9.17) is 17.0 Å². The maximum absolute atomic E-state index is 13.8. The Morgan fingerprint density at radius 1 is 1.19 bits per heavy atom. The molecule has 0 aliphatic carbocycles. The SMILES string of the molecule is CCC1=C(C(=O)OC)[C@H](c2ccc(F)c(F)c2)NC(=S)N1c1ccccc1. The van der Waals surface area contributed by atoms with Crippen LogP contribution in [-0.4, -0.2) is 18.2 Å². The molecule has 0 bridgehead atoms. The van der Waals surface area contributed by atoms with Crippen molar-refractivity contribution in [1.82, 2.24) is 5.32 Å². The van der Waals surface area contributed by atoms with Crippen LogP contribution in [0, 0.1) is 11.6 Å². The predicted molar refractivity (Wildman–Crippen MR) is 103 cm³/mol. The molecule has 0 saturated heterocycles. The quantitative estimate of drug-likeness (QED) is 0.627. The Morgan fingerprint density at radius 3 is 2.48 bits per heavy atom. The number of esters is 1. The highest BCUT2D eigenvalue weighted by Gasteiger charge is 2.36. The van der Waals surface area contributed by atoms with E-state index < -0.39 is 23.6 Å². The van der Waals surface area contributed by atoms with E-state index in [1.807, 2.05) is 37.3 Å². The van der Waals surface area contributed by atoms with Gasteiger partial charge in [0.1, 0.15) is 0 Å². The maximum atomic E-state index is 13.8. The molecule has 0 unspecified atom stereocenters. The molecule has 27 heavy (non-hydrogen) atoms. The summed E-state index contributed by atoms with van der Waals surface area (Å²) in [5.41, 5.74) is 2.13. The molecule has 1 aliphatic rings. The number of carbonyl (C=O) groups excluding carboxylic acids is 1. The van der Waals surface area contributed by atoms with Gasteiger partial charge in [0.15, 0.2) is 16.7 Å². The summed E-state index contributed by atoms with van der Waals surface area (Å²) in [6.45, 7) is 1.89. The monoisotopic (exact) mass is 388 g/mol. The zero-order valence-corrected chi connectivity index (χ0v) is 15.6. The number of carbonyl (C=O) groups is 1. The molecule has 2 aromatic rings. The summed E-state index contributed by atoms with van der Waals surface area (Å²) in [5, 5.41) is 3.43. The zero-order valence-electron chi connectivity index (χ0n) is 14.8. The van der Waals surface area contributed by atoms with Gasteiger partial charge in [-0.15, -0.1) is 0 Å². The van der Waals surface area contributed by atoms with Crippen molar-refractivity contribution in [3.8, 4) is 0 Å². The van der Waals surface area contributed by atoms with Gasteiger partial charge in [-0.2, -0.15) is 0 Å². The first-order valence-corrected chi connectivity index (χ1v) is 8.80. The Morgan fingerprint density at radius 2 is 1.89 bits per heavy atom. The topological polar surface area (TPSA) is 41.6 Å². The van der Waals surface area contributed by atoms with E-state index in [1.54, 1.807) is 4.90 Å². The number of hydrogen-bond acceptors (Lipinski definition) is 3. The first-order valence-electron chi connectivity index (χ1n) is 8.39. The van der Waals surface area contributed by atoms with Crippen molar-refractivity contribution in [2.24, 2.45) is 0 Å². The number of hydrogen-bond donors (Lipinski definition) is 1. The molecule has 1 heterocycles. The lowest BCUT2D eigenvalue weighted by atomic mass is 9.93. The van der Waals surface area contributed by atoms with Crippen LogP contribution in [0.15, 0.2) is 59.8 Å². The third-order valence-corrected chi connectivity index (χ3v) is 4.67. The molecule has 3 rings (SSSR count). The zero-order chi connectivity index (χ0) is 19.6. The van der Waals surface area contributed by atoms with Gasteiger partial charge in [-0.3, -0.25) is 4.90 Å². The number of rotatable bonds is 4. The number of benzene rings is 2. The third-order valence-electron chi connectivity index (χ3n) is 4.37. The van der Waals surface area contributed by atoms with Gasteiger partial charge in [0.25, 0.3) is 0 Å².